The van der Waals surface area contributed by atoms with Crippen LogP contribution in [0, 0.1) is 5.92 Å². The molecule has 23 heavy (non-hydrogen) atoms. The molecule has 122 valence electrons. The van der Waals surface area contributed by atoms with E-state index in [1.54, 1.807) is 6.07 Å². The average molecular weight is 314 g/mol. The molecular weight excluding hydrogens is 292 g/mol. The topological polar surface area (TPSA) is 58.6 Å². The van der Waals surface area contributed by atoms with E-state index in [4.69, 9.17) is 4.74 Å². The molecule has 0 unspecified atom stereocenters. The van der Waals surface area contributed by atoms with E-state index in [2.05, 4.69) is 11.9 Å². The molecule has 0 radical (unpaired) electrons. The average Bonchev–Trinajstić information content (AvgIpc) is 3.35. The lowest BCUT2D eigenvalue weighted by atomic mass is 10.1. The van der Waals surface area contributed by atoms with Crippen molar-refractivity contribution in [2.75, 3.05) is 26.3 Å². The third-order valence-electron chi connectivity index (χ3n) is 4.18. The van der Waals surface area contributed by atoms with Crippen LogP contribution in [0.4, 0.5) is 0 Å². The summed E-state index contributed by atoms with van der Waals surface area (Å²) in [6.07, 6.45) is 3.35. The Morgan fingerprint density at radius 3 is 2.74 bits per heavy atom. The summed E-state index contributed by atoms with van der Waals surface area (Å²) in [6.45, 7) is 6.00. The van der Waals surface area contributed by atoms with Crippen molar-refractivity contribution in [3.63, 3.8) is 0 Å². The van der Waals surface area contributed by atoms with Crippen LogP contribution in [0.1, 0.15) is 35.2 Å². The molecule has 5 nitrogen and oxygen atoms in total. The lowest BCUT2D eigenvalue weighted by Gasteiger charge is -2.16. The molecule has 3 rings (SSSR count). The normalized spacial score (nSPS) is 16.6. The molecule has 0 spiro atoms. The highest BCUT2D eigenvalue weighted by Gasteiger charge is 2.31. The molecule has 0 atom stereocenters. The number of nitrogens with one attached hydrogen (secondary N) is 1. The van der Waals surface area contributed by atoms with E-state index in [0.717, 1.165) is 24.5 Å². The molecule has 1 fully saturated rings. The van der Waals surface area contributed by atoms with E-state index in [9.17, 15) is 9.59 Å². The number of hydrogen-bond acceptors (Lipinski definition) is 3. The van der Waals surface area contributed by atoms with Gasteiger partial charge in [-0.2, -0.15) is 0 Å². The molecule has 1 N–H and O–H groups in total. The zero-order chi connectivity index (χ0) is 16.2. The first-order chi connectivity index (χ1) is 11.2. The van der Waals surface area contributed by atoms with Gasteiger partial charge in [-0.25, -0.2) is 0 Å². The first kappa shape index (κ1) is 15.7. The minimum absolute atomic E-state index is 0.00920. The number of rotatable bonds is 8. The van der Waals surface area contributed by atoms with Gasteiger partial charge in [-0.3, -0.25) is 14.5 Å². The quantitative estimate of drug-likeness (QED) is 0.747. The molecule has 1 aromatic carbocycles. The Morgan fingerprint density at radius 2 is 2.04 bits per heavy atom. The van der Waals surface area contributed by atoms with Crippen LogP contribution in [-0.2, 0) is 9.53 Å². The van der Waals surface area contributed by atoms with Gasteiger partial charge in [-0.15, -0.1) is 0 Å². The monoisotopic (exact) mass is 314 g/mol. The van der Waals surface area contributed by atoms with Crippen LogP contribution in [-0.4, -0.2) is 43.0 Å². The summed E-state index contributed by atoms with van der Waals surface area (Å²) in [6, 6.07) is 7.29. The maximum atomic E-state index is 12.3. The van der Waals surface area contributed by atoms with E-state index in [-0.39, 0.29) is 18.4 Å². The van der Waals surface area contributed by atoms with Crippen LogP contribution in [0.3, 0.4) is 0 Å². The van der Waals surface area contributed by atoms with Gasteiger partial charge in [-0.05, 0) is 31.2 Å². The van der Waals surface area contributed by atoms with E-state index in [1.165, 1.54) is 17.7 Å². The van der Waals surface area contributed by atoms with Gasteiger partial charge in [0.05, 0.1) is 0 Å². The van der Waals surface area contributed by atoms with Crippen molar-refractivity contribution in [1.82, 2.24) is 10.2 Å². The molecule has 0 saturated heterocycles. The predicted molar refractivity (Wildman–Crippen MR) is 87.7 cm³/mol. The first-order valence-electron chi connectivity index (χ1n) is 8.11. The smallest absolute Gasteiger partial charge is 0.259 e. The maximum Gasteiger partial charge on any atom is 0.259 e. The predicted octanol–water partition coefficient (Wildman–Crippen LogP) is 2.05. The van der Waals surface area contributed by atoms with Gasteiger partial charge < -0.3 is 10.1 Å². The standard InChI is InChI=1S/C18H22N2O3/c1-13-15-5-2-3-6-16(15)18(22)20(13)11-17(21)19-9-4-10-23-12-14-7-8-14/h2-3,5-6,14H,1,4,7-12H2,(H,19,21). The molecule has 1 saturated carbocycles. The number of fused-ring (bicyclic) bond motifs is 1. The van der Waals surface area contributed by atoms with Crippen LogP contribution < -0.4 is 5.32 Å². The minimum atomic E-state index is -0.172. The highest BCUT2D eigenvalue weighted by Crippen LogP contribution is 2.30. The fourth-order valence-electron chi connectivity index (χ4n) is 2.64. The van der Waals surface area contributed by atoms with Crippen molar-refractivity contribution in [3.8, 4) is 0 Å². The molecule has 0 bridgehead atoms. The minimum Gasteiger partial charge on any atom is -0.381 e. The molecule has 2 amide bonds. The number of benzene rings is 1. The number of ether oxygens (including phenoxy) is 1. The summed E-state index contributed by atoms with van der Waals surface area (Å²) in [5.41, 5.74) is 2.01. The molecule has 1 aliphatic carbocycles. The van der Waals surface area contributed by atoms with E-state index in [1.807, 2.05) is 18.2 Å². The van der Waals surface area contributed by atoms with Crippen LogP contribution in [0.15, 0.2) is 30.8 Å². The summed E-state index contributed by atoms with van der Waals surface area (Å²) in [5, 5.41) is 2.83. The molecule has 5 heteroatoms. The summed E-state index contributed by atoms with van der Waals surface area (Å²) in [4.78, 5) is 25.7. The Hall–Kier alpha value is -2.14. The summed E-state index contributed by atoms with van der Waals surface area (Å²) in [5.74, 6) is 0.432. The Kier molecular flexibility index (Phi) is 4.76. The molecule has 1 heterocycles. The third-order valence-corrected chi connectivity index (χ3v) is 4.18. The van der Waals surface area contributed by atoms with Crippen molar-refractivity contribution in [1.29, 1.82) is 0 Å². The molecule has 2 aliphatic rings. The number of amides is 2. The lowest BCUT2D eigenvalue weighted by molar-refractivity contribution is -0.121. The highest BCUT2D eigenvalue weighted by atomic mass is 16.5. The van der Waals surface area contributed by atoms with Gasteiger partial charge in [0.2, 0.25) is 5.91 Å². The van der Waals surface area contributed by atoms with Gasteiger partial charge in [-0.1, -0.05) is 24.8 Å². The van der Waals surface area contributed by atoms with Crippen LogP contribution >= 0.6 is 0 Å². The van der Waals surface area contributed by atoms with Crippen molar-refractivity contribution >= 4 is 17.5 Å². The van der Waals surface area contributed by atoms with E-state index in [0.29, 0.717) is 24.4 Å². The van der Waals surface area contributed by atoms with Crippen molar-refractivity contribution < 1.29 is 14.3 Å². The van der Waals surface area contributed by atoms with Crippen molar-refractivity contribution in [2.24, 2.45) is 5.92 Å². The van der Waals surface area contributed by atoms with Gasteiger partial charge >= 0.3 is 0 Å². The second kappa shape index (κ2) is 6.96. The zero-order valence-corrected chi connectivity index (χ0v) is 13.2. The summed E-state index contributed by atoms with van der Waals surface area (Å²) >= 11 is 0. The number of carbonyl (C=O) groups is 2. The lowest BCUT2D eigenvalue weighted by Crippen LogP contribution is -2.37. The Balaban J connectivity index is 1.40. The van der Waals surface area contributed by atoms with Gasteiger partial charge in [0.25, 0.3) is 5.91 Å². The van der Waals surface area contributed by atoms with Crippen molar-refractivity contribution in [3.05, 3.63) is 42.0 Å². The Bertz CT molecular complexity index is 587. The van der Waals surface area contributed by atoms with E-state index >= 15 is 0 Å². The van der Waals surface area contributed by atoms with E-state index < -0.39 is 0 Å². The fourth-order valence-corrected chi connectivity index (χ4v) is 2.64. The second-order valence-electron chi connectivity index (χ2n) is 6.11. The second-order valence-corrected chi connectivity index (χ2v) is 6.11. The number of carbonyl (C=O) groups excluding carboxylic acids is 2. The third kappa shape index (κ3) is 3.79. The molecule has 0 aromatic heterocycles. The van der Waals surface area contributed by atoms with Crippen LogP contribution in [0.25, 0.3) is 5.70 Å². The summed E-state index contributed by atoms with van der Waals surface area (Å²) < 4.78 is 5.52. The Labute approximate surface area is 136 Å². The van der Waals surface area contributed by atoms with Gasteiger partial charge in [0.15, 0.2) is 0 Å². The zero-order valence-electron chi connectivity index (χ0n) is 13.2. The molecular formula is C18H22N2O3. The van der Waals surface area contributed by atoms with Crippen LogP contribution in [0.2, 0.25) is 0 Å². The number of nitrogens with zero attached hydrogens (tertiary/aromatic N) is 1. The van der Waals surface area contributed by atoms with Gasteiger partial charge in [0.1, 0.15) is 6.54 Å². The maximum absolute atomic E-state index is 12.3. The largest absolute Gasteiger partial charge is 0.381 e. The van der Waals surface area contributed by atoms with Crippen molar-refractivity contribution in [2.45, 2.75) is 19.3 Å². The first-order valence-corrected chi connectivity index (χ1v) is 8.11. The number of hydrogen-bond donors (Lipinski definition) is 1. The molecule has 1 aliphatic heterocycles. The Morgan fingerprint density at radius 1 is 1.30 bits per heavy atom. The van der Waals surface area contributed by atoms with Crippen LogP contribution in [0.5, 0.6) is 0 Å². The SMILES string of the molecule is C=C1c2ccccc2C(=O)N1CC(=O)NCCCOCC1CC1. The molecule has 1 aromatic rings. The fraction of sp³-hybridized carbons (Fsp3) is 0.444. The highest BCUT2D eigenvalue weighted by molar-refractivity contribution is 6.10. The summed E-state index contributed by atoms with van der Waals surface area (Å²) in [7, 11) is 0. The van der Waals surface area contributed by atoms with Gasteiger partial charge in [0, 0.05) is 36.6 Å².